The van der Waals surface area contributed by atoms with Crippen LogP contribution in [0.1, 0.15) is 5.82 Å². The molecule has 5 nitrogen and oxygen atoms in total. The van der Waals surface area contributed by atoms with Gasteiger partial charge in [0.1, 0.15) is 17.5 Å². The maximum absolute atomic E-state index is 9.41. The van der Waals surface area contributed by atoms with Crippen molar-refractivity contribution in [2.45, 2.75) is 0 Å². The predicted molar refractivity (Wildman–Crippen MR) is 79.3 cm³/mol. The fourth-order valence-corrected chi connectivity index (χ4v) is 2.58. The molecular formula is C16H10N4O. The van der Waals surface area contributed by atoms with E-state index in [0.717, 1.165) is 33.3 Å². The molecule has 0 radical (unpaired) electrons. The van der Waals surface area contributed by atoms with Crippen LogP contribution in [0.15, 0.2) is 42.5 Å². The summed E-state index contributed by atoms with van der Waals surface area (Å²) in [6.45, 7) is 0. The number of ether oxygens (including phenoxy) is 1. The number of benzene rings is 2. The van der Waals surface area contributed by atoms with E-state index in [9.17, 15) is 5.26 Å². The zero-order valence-corrected chi connectivity index (χ0v) is 11.2. The lowest BCUT2D eigenvalue weighted by Gasteiger charge is -2.03. The van der Waals surface area contributed by atoms with Crippen LogP contribution in [0.4, 0.5) is 0 Å². The van der Waals surface area contributed by atoms with Gasteiger partial charge in [0.15, 0.2) is 0 Å². The molecule has 0 aliphatic carbocycles. The summed E-state index contributed by atoms with van der Waals surface area (Å²) < 4.78 is 7.04. The molecule has 5 heteroatoms. The van der Waals surface area contributed by atoms with Gasteiger partial charge in [-0.15, -0.1) is 0 Å². The van der Waals surface area contributed by atoms with Gasteiger partial charge in [-0.05, 0) is 24.3 Å². The Morgan fingerprint density at radius 2 is 1.95 bits per heavy atom. The molecule has 0 amide bonds. The van der Waals surface area contributed by atoms with Crippen LogP contribution in [0, 0.1) is 11.3 Å². The van der Waals surface area contributed by atoms with Crippen LogP contribution in [-0.2, 0) is 0 Å². The molecule has 4 aromatic rings. The number of fused-ring (bicyclic) bond motifs is 5. The molecule has 2 aromatic heterocycles. The Balaban J connectivity index is 2.29. The lowest BCUT2D eigenvalue weighted by atomic mass is 10.2. The summed E-state index contributed by atoms with van der Waals surface area (Å²) in [5.74, 6) is 1.04. The first-order chi connectivity index (χ1) is 10.3. The van der Waals surface area contributed by atoms with E-state index >= 15 is 0 Å². The van der Waals surface area contributed by atoms with Crippen molar-refractivity contribution in [1.29, 1.82) is 5.26 Å². The number of para-hydroxylation sites is 1. The van der Waals surface area contributed by atoms with Gasteiger partial charge in [0.05, 0.1) is 23.7 Å². The van der Waals surface area contributed by atoms with E-state index in [2.05, 4.69) is 16.0 Å². The summed E-state index contributed by atoms with van der Waals surface area (Å²) in [6, 6.07) is 15.4. The van der Waals surface area contributed by atoms with Crippen LogP contribution in [0.5, 0.6) is 5.75 Å². The largest absolute Gasteiger partial charge is 0.497 e. The van der Waals surface area contributed by atoms with Crippen molar-refractivity contribution >= 4 is 27.6 Å². The SMILES string of the molecule is COc1ccc2nc3c4ccccc4nc(C#N)n3c2c1. The third kappa shape index (κ3) is 1.56. The van der Waals surface area contributed by atoms with Gasteiger partial charge in [0, 0.05) is 11.5 Å². The van der Waals surface area contributed by atoms with Crippen LogP contribution in [0.2, 0.25) is 0 Å². The summed E-state index contributed by atoms with van der Waals surface area (Å²) in [4.78, 5) is 9.06. The van der Waals surface area contributed by atoms with Crippen LogP contribution in [0.3, 0.4) is 0 Å². The number of nitrogens with zero attached hydrogens (tertiary/aromatic N) is 4. The summed E-state index contributed by atoms with van der Waals surface area (Å²) in [5, 5.41) is 10.3. The molecule has 4 rings (SSSR count). The summed E-state index contributed by atoms with van der Waals surface area (Å²) in [7, 11) is 1.61. The second kappa shape index (κ2) is 4.18. The average Bonchev–Trinajstić information content (AvgIpc) is 2.93. The van der Waals surface area contributed by atoms with Gasteiger partial charge in [-0.2, -0.15) is 5.26 Å². The second-order valence-corrected chi connectivity index (χ2v) is 4.69. The van der Waals surface area contributed by atoms with Gasteiger partial charge in [-0.3, -0.25) is 4.40 Å². The van der Waals surface area contributed by atoms with E-state index in [1.165, 1.54) is 0 Å². The van der Waals surface area contributed by atoms with Gasteiger partial charge in [0.2, 0.25) is 5.82 Å². The molecule has 0 atom stereocenters. The molecule has 21 heavy (non-hydrogen) atoms. The Morgan fingerprint density at radius 3 is 2.76 bits per heavy atom. The number of hydrogen-bond acceptors (Lipinski definition) is 4. The Kier molecular flexibility index (Phi) is 2.33. The van der Waals surface area contributed by atoms with Crippen LogP contribution in [-0.4, -0.2) is 21.5 Å². The van der Waals surface area contributed by atoms with E-state index in [1.54, 1.807) is 11.5 Å². The smallest absolute Gasteiger partial charge is 0.219 e. The van der Waals surface area contributed by atoms with E-state index < -0.39 is 0 Å². The van der Waals surface area contributed by atoms with Gasteiger partial charge in [-0.25, -0.2) is 9.97 Å². The highest BCUT2D eigenvalue weighted by atomic mass is 16.5. The van der Waals surface area contributed by atoms with Gasteiger partial charge in [0.25, 0.3) is 0 Å². The first-order valence-electron chi connectivity index (χ1n) is 6.47. The van der Waals surface area contributed by atoms with E-state index in [-0.39, 0.29) is 0 Å². The van der Waals surface area contributed by atoms with Crippen molar-refractivity contribution in [2.75, 3.05) is 7.11 Å². The molecule has 0 N–H and O–H groups in total. The molecule has 2 aromatic carbocycles. The number of aromatic nitrogens is 3. The van der Waals surface area contributed by atoms with Crippen molar-refractivity contribution in [2.24, 2.45) is 0 Å². The summed E-state index contributed by atoms with van der Waals surface area (Å²) >= 11 is 0. The van der Waals surface area contributed by atoms with Crippen LogP contribution >= 0.6 is 0 Å². The molecule has 0 unspecified atom stereocenters. The molecule has 0 fully saturated rings. The zero-order valence-electron chi connectivity index (χ0n) is 11.2. The molecule has 0 saturated heterocycles. The Morgan fingerprint density at radius 1 is 1.10 bits per heavy atom. The average molecular weight is 274 g/mol. The van der Waals surface area contributed by atoms with Crippen molar-refractivity contribution in [3.63, 3.8) is 0 Å². The Bertz CT molecular complexity index is 1040. The van der Waals surface area contributed by atoms with Gasteiger partial charge >= 0.3 is 0 Å². The predicted octanol–water partition coefficient (Wildman–Crippen LogP) is 2.92. The van der Waals surface area contributed by atoms with Crippen LogP contribution < -0.4 is 4.74 Å². The molecule has 0 aliphatic rings. The normalized spacial score (nSPS) is 11.0. The molecule has 0 saturated carbocycles. The maximum atomic E-state index is 9.41. The molecule has 0 aliphatic heterocycles. The highest BCUT2D eigenvalue weighted by Gasteiger charge is 2.13. The lowest BCUT2D eigenvalue weighted by molar-refractivity contribution is 0.415. The maximum Gasteiger partial charge on any atom is 0.219 e. The first kappa shape index (κ1) is 11.7. The minimum Gasteiger partial charge on any atom is -0.497 e. The number of methoxy groups -OCH3 is 1. The third-order valence-electron chi connectivity index (χ3n) is 3.54. The van der Waals surface area contributed by atoms with E-state index in [0.29, 0.717) is 5.82 Å². The highest BCUT2D eigenvalue weighted by molar-refractivity contribution is 5.96. The lowest BCUT2D eigenvalue weighted by Crippen LogP contribution is -1.98. The topological polar surface area (TPSA) is 63.2 Å². The minimum atomic E-state index is 0.319. The molecule has 0 bridgehead atoms. The second-order valence-electron chi connectivity index (χ2n) is 4.69. The standard InChI is InChI=1S/C16H10N4O/c1-21-10-6-7-13-14(8-10)20-15(9-17)18-12-5-3-2-4-11(12)16(20)19-13/h2-8H,1H3. The van der Waals surface area contributed by atoms with E-state index in [1.807, 2.05) is 42.5 Å². The molecule has 100 valence electrons. The summed E-state index contributed by atoms with van der Waals surface area (Å²) in [5.41, 5.74) is 3.13. The fourth-order valence-electron chi connectivity index (χ4n) is 2.58. The first-order valence-corrected chi connectivity index (χ1v) is 6.47. The van der Waals surface area contributed by atoms with E-state index in [4.69, 9.17) is 4.74 Å². The quantitative estimate of drug-likeness (QED) is 0.535. The number of nitriles is 1. The monoisotopic (exact) mass is 274 g/mol. The Hall–Kier alpha value is -3.13. The van der Waals surface area contributed by atoms with Gasteiger partial charge < -0.3 is 4.74 Å². The van der Waals surface area contributed by atoms with Crippen molar-refractivity contribution < 1.29 is 4.74 Å². The molecule has 0 spiro atoms. The minimum absolute atomic E-state index is 0.319. The third-order valence-corrected chi connectivity index (χ3v) is 3.54. The number of hydrogen-bond donors (Lipinski definition) is 0. The van der Waals surface area contributed by atoms with Crippen molar-refractivity contribution in [1.82, 2.24) is 14.4 Å². The summed E-state index contributed by atoms with van der Waals surface area (Å²) in [6.07, 6.45) is 0. The zero-order chi connectivity index (χ0) is 14.4. The molecular weight excluding hydrogens is 264 g/mol. The Labute approximate surface area is 120 Å². The molecule has 2 heterocycles. The fraction of sp³-hybridized carbons (Fsp3) is 0.0625. The highest BCUT2D eigenvalue weighted by Crippen LogP contribution is 2.26. The van der Waals surface area contributed by atoms with Crippen molar-refractivity contribution in [3.05, 3.63) is 48.3 Å². The number of imidazole rings is 1. The van der Waals surface area contributed by atoms with Crippen molar-refractivity contribution in [3.8, 4) is 11.8 Å². The number of rotatable bonds is 1. The van der Waals surface area contributed by atoms with Crippen LogP contribution in [0.25, 0.3) is 27.6 Å². The van der Waals surface area contributed by atoms with Gasteiger partial charge in [-0.1, -0.05) is 12.1 Å².